The van der Waals surface area contributed by atoms with Gasteiger partial charge in [0.15, 0.2) is 0 Å². The van der Waals surface area contributed by atoms with Crippen LogP contribution in [0.2, 0.25) is 0 Å². The summed E-state index contributed by atoms with van der Waals surface area (Å²) in [5.74, 6) is -0.0708. The first kappa shape index (κ1) is 16.0. The summed E-state index contributed by atoms with van der Waals surface area (Å²) in [4.78, 5) is 17.8. The summed E-state index contributed by atoms with van der Waals surface area (Å²) in [6.45, 7) is 0. The largest absolute Gasteiger partial charge is 0.340 e. The molecule has 126 valence electrons. The van der Waals surface area contributed by atoms with E-state index >= 15 is 0 Å². The highest BCUT2D eigenvalue weighted by atomic mass is 32.1. The smallest absolute Gasteiger partial charge is 0.252 e. The number of aromatic nitrogens is 1. The van der Waals surface area contributed by atoms with Crippen molar-refractivity contribution in [1.29, 1.82) is 0 Å². The summed E-state index contributed by atoms with van der Waals surface area (Å²) in [5, 5.41) is 5.26. The minimum atomic E-state index is -0.118. The molecule has 25 heavy (non-hydrogen) atoms. The number of pyridine rings is 1. The minimum Gasteiger partial charge on any atom is -0.340 e. The lowest BCUT2D eigenvalue weighted by Gasteiger charge is -2.22. The van der Waals surface area contributed by atoms with E-state index in [1.165, 1.54) is 30.4 Å². The number of rotatable bonds is 4. The van der Waals surface area contributed by atoms with Gasteiger partial charge < -0.3 is 5.32 Å². The second kappa shape index (κ2) is 7.19. The Morgan fingerprint density at radius 1 is 1.04 bits per heavy atom. The third kappa shape index (κ3) is 3.49. The van der Waals surface area contributed by atoms with Crippen LogP contribution in [0.1, 0.15) is 50.8 Å². The number of fused-ring (bicyclic) bond motifs is 1. The van der Waals surface area contributed by atoms with E-state index in [0.29, 0.717) is 5.56 Å². The molecule has 0 saturated heterocycles. The average molecular weight is 348 g/mol. The molecule has 3 aromatic rings. The predicted octanol–water partition coefficient (Wildman–Crippen LogP) is 4.54. The Balaban J connectivity index is 1.66. The third-order valence-corrected chi connectivity index (χ3v) is 5.69. The van der Waals surface area contributed by atoms with Gasteiger partial charge in [-0.3, -0.25) is 9.78 Å². The van der Waals surface area contributed by atoms with Gasteiger partial charge in [0.2, 0.25) is 0 Å². The second-order valence-corrected chi connectivity index (χ2v) is 7.37. The van der Waals surface area contributed by atoms with Crippen LogP contribution in [0.3, 0.4) is 0 Å². The topological polar surface area (TPSA) is 42.0 Å². The molecule has 1 amide bonds. The molecule has 3 nitrogen and oxygen atoms in total. The monoisotopic (exact) mass is 348 g/mol. The van der Waals surface area contributed by atoms with Gasteiger partial charge in [-0.15, -0.1) is 11.3 Å². The summed E-state index contributed by atoms with van der Waals surface area (Å²) in [6, 6.07) is 14.2. The maximum absolute atomic E-state index is 12.7. The molecule has 1 aromatic carbocycles. The molecule has 1 aliphatic rings. The predicted molar refractivity (Wildman–Crippen MR) is 101 cm³/mol. The zero-order valence-corrected chi connectivity index (χ0v) is 14.8. The van der Waals surface area contributed by atoms with E-state index in [1.807, 2.05) is 6.07 Å². The van der Waals surface area contributed by atoms with Crippen molar-refractivity contribution in [3.05, 3.63) is 87.4 Å². The zero-order chi connectivity index (χ0) is 17.1. The number of benzene rings is 1. The zero-order valence-electron chi connectivity index (χ0n) is 13.9. The van der Waals surface area contributed by atoms with Gasteiger partial charge in [-0.2, -0.15) is 0 Å². The first-order valence-corrected chi connectivity index (χ1v) is 9.55. The molecule has 0 bridgehead atoms. The van der Waals surface area contributed by atoms with Gasteiger partial charge >= 0.3 is 0 Å². The molecule has 1 unspecified atom stereocenters. The van der Waals surface area contributed by atoms with Gasteiger partial charge in [-0.05, 0) is 66.0 Å². The van der Waals surface area contributed by atoms with Gasteiger partial charge in [0.25, 0.3) is 5.91 Å². The number of thiophene rings is 1. The van der Waals surface area contributed by atoms with E-state index in [2.05, 4.69) is 39.9 Å². The van der Waals surface area contributed by atoms with Crippen molar-refractivity contribution in [2.24, 2.45) is 0 Å². The lowest BCUT2D eigenvalue weighted by atomic mass is 9.89. The Bertz CT molecular complexity index is 859. The Kier molecular flexibility index (Phi) is 4.61. The third-order valence-electron chi connectivity index (χ3n) is 4.75. The molecule has 2 heterocycles. The maximum Gasteiger partial charge on any atom is 0.252 e. The van der Waals surface area contributed by atoms with Gasteiger partial charge in [0.05, 0.1) is 6.04 Å². The molecule has 4 heteroatoms. The summed E-state index contributed by atoms with van der Waals surface area (Å²) in [5.41, 5.74) is 4.68. The lowest BCUT2D eigenvalue weighted by molar-refractivity contribution is 0.0943. The van der Waals surface area contributed by atoms with Crippen molar-refractivity contribution in [2.45, 2.75) is 31.7 Å². The first-order valence-electron chi connectivity index (χ1n) is 8.67. The molecule has 0 saturated carbocycles. The number of hydrogen-bond donors (Lipinski definition) is 1. The molecule has 1 aliphatic carbocycles. The van der Waals surface area contributed by atoms with Crippen molar-refractivity contribution >= 4 is 17.2 Å². The Morgan fingerprint density at radius 2 is 1.84 bits per heavy atom. The van der Waals surface area contributed by atoms with Gasteiger partial charge in [-0.25, -0.2) is 0 Å². The van der Waals surface area contributed by atoms with Crippen LogP contribution in [-0.2, 0) is 12.8 Å². The summed E-state index contributed by atoms with van der Waals surface area (Å²) >= 11 is 1.67. The Hall–Kier alpha value is -2.46. The average Bonchev–Trinajstić information content (AvgIpc) is 3.20. The normalized spacial score (nSPS) is 14.6. The molecule has 0 fully saturated rings. The molecule has 0 radical (unpaired) electrons. The maximum atomic E-state index is 12.7. The van der Waals surface area contributed by atoms with Crippen LogP contribution in [0.5, 0.6) is 0 Å². The Morgan fingerprint density at radius 3 is 2.60 bits per heavy atom. The Labute approximate surface area is 151 Å². The highest BCUT2D eigenvalue weighted by Gasteiger charge is 2.20. The van der Waals surface area contributed by atoms with Crippen molar-refractivity contribution < 1.29 is 4.79 Å². The summed E-state index contributed by atoms with van der Waals surface area (Å²) < 4.78 is 0. The van der Waals surface area contributed by atoms with Crippen molar-refractivity contribution in [2.75, 3.05) is 0 Å². The van der Waals surface area contributed by atoms with Crippen LogP contribution in [0.4, 0.5) is 0 Å². The van der Waals surface area contributed by atoms with Crippen LogP contribution >= 0.6 is 11.3 Å². The summed E-state index contributed by atoms with van der Waals surface area (Å²) in [7, 11) is 0. The van der Waals surface area contributed by atoms with Crippen LogP contribution in [0.15, 0.2) is 60.2 Å². The van der Waals surface area contributed by atoms with Crippen molar-refractivity contribution in [3.63, 3.8) is 0 Å². The SMILES string of the molecule is O=C(NC(c1ccc2c(c1)CCCC2)c1cccs1)c1ccncc1. The molecule has 4 rings (SSSR count). The first-order chi connectivity index (χ1) is 12.3. The number of nitrogens with one attached hydrogen (secondary N) is 1. The molecule has 0 aliphatic heterocycles. The molecule has 0 spiro atoms. The number of aryl methyl sites for hydroxylation is 2. The van der Waals surface area contributed by atoms with Crippen LogP contribution < -0.4 is 5.32 Å². The molecule has 1 N–H and O–H groups in total. The standard InChI is InChI=1S/C21H20N2OS/c24-21(16-9-11-22-12-10-16)23-20(19-6-3-13-25-19)18-8-7-15-4-1-2-5-17(15)14-18/h3,6-14,20H,1-2,4-5H2,(H,23,24). The van der Waals surface area contributed by atoms with Crippen LogP contribution in [0.25, 0.3) is 0 Å². The quantitative estimate of drug-likeness (QED) is 0.752. The highest BCUT2D eigenvalue weighted by Crippen LogP contribution is 2.30. The van der Waals surface area contributed by atoms with E-state index in [-0.39, 0.29) is 11.9 Å². The van der Waals surface area contributed by atoms with Crippen LogP contribution in [-0.4, -0.2) is 10.9 Å². The van der Waals surface area contributed by atoms with Gasteiger partial charge in [0, 0.05) is 22.8 Å². The van der Waals surface area contributed by atoms with E-state index in [0.717, 1.165) is 16.9 Å². The van der Waals surface area contributed by atoms with E-state index < -0.39 is 0 Å². The molecule has 1 atom stereocenters. The van der Waals surface area contributed by atoms with Crippen LogP contribution in [0, 0.1) is 0 Å². The van der Waals surface area contributed by atoms with Crippen molar-refractivity contribution in [1.82, 2.24) is 10.3 Å². The fraction of sp³-hybridized carbons (Fsp3) is 0.238. The van der Waals surface area contributed by atoms with E-state index in [9.17, 15) is 4.79 Å². The fourth-order valence-electron chi connectivity index (χ4n) is 3.42. The van der Waals surface area contributed by atoms with Gasteiger partial charge in [-0.1, -0.05) is 24.3 Å². The lowest BCUT2D eigenvalue weighted by Crippen LogP contribution is -2.29. The highest BCUT2D eigenvalue weighted by molar-refractivity contribution is 7.10. The fourth-order valence-corrected chi connectivity index (χ4v) is 4.23. The number of nitrogens with zero attached hydrogens (tertiary/aromatic N) is 1. The van der Waals surface area contributed by atoms with Gasteiger partial charge in [0.1, 0.15) is 0 Å². The summed E-state index contributed by atoms with van der Waals surface area (Å²) in [6.07, 6.45) is 8.13. The van der Waals surface area contributed by atoms with E-state index in [1.54, 1.807) is 35.9 Å². The number of hydrogen-bond acceptors (Lipinski definition) is 3. The number of amides is 1. The molecule has 2 aromatic heterocycles. The number of carbonyl (C=O) groups excluding carboxylic acids is 1. The minimum absolute atomic E-state index is 0.0708. The second-order valence-electron chi connectivity index (χ2n) is 6.39. The number of carbonyl (C=O) groups is 1. The van der Waals surface area contributed by atoms with E-state index in [4.69, 9.17) is 0 Å². The molecular formula is C21H20N2OS. The molecular weight excluding hydrogens is 328 g/mol. The van der Waals surface area contributed by atoms with Crippen molar-refractivity contribution in [3.8, 4) is 0 Å².